The number of amidine groups is 1. The first kappa shape index (κ1) is 13.1. The topological polar surface area (TPSA) is 79.9 Å². The lowest BCUT2D eigenvalue weighted by atomic mass is 10.2. The Hall–Kier alpha value is -1.98. The fourth-order valence-electron chi connectivity index (χ4n) is 1.45. The molecule has 0 amide bonds. The van der Waals surface area contributed by atoms with Crippen LogP contribution in [-0.4, -0.2) is 24.2 Å². The van der Waals surface area contributed by atoms with Gasteiger partial charge in [0.1, 0.15) is 5.84 Å². The van der Waals surface area contributed by atoms with Gasteiger partial charge < -0.3 is 21.0 Å². The van der Waals surface area contributed by atoms with Crippen molar-refractivity contribution >= 4 is 11.5 Å². The molecule has 4 N–H and O–H groups in total. The Kier molecular flexibility index (Phi) is 4.56. The third-order valence-electron chi connectivity index (χ3n) is 2.21. The van der Waals surface area contributed by atoms with Crippen molar-refractivity contribution in [1.82, 2.24) is 0 Å². The second-order valence-electron chi connectivity index (χ2n) is 3.69. The van der Waals surface area contributed by atoms with Gasteiger partial charge in [-0.05, 0) is 19.1 Å². The first-order chi connectivity index (χ1) is 8.06. The molecule has 6 heteroatoms. The van der Waals surface area contributed by atoms with E-state index < -0.39 is 5.82 Å². The van der Waals surface area contributed by atoms with E-state index in [1.807, 2.05) is 6.92 Å². The van der Waals surface area contributed by atoms with Gasteiger partial charge in [-0.3, -0.25) is 0 Å². The highest BCUT2D eigenvalue weighted by molar-refractivity contribution is 5.80. The quantitative estimate of drug-likeness (QED) is 0.317. The number of hydrogen-bond donors (Lipinski definition) is 3. The summed E-state index contributed by atoms with van der Waals surface area (Å²) in [7, 11) is 1.41. The van der Waals surface area contributed by atoms with E-state index in [4.69, 9.17) is 15.7 Å². The van der Waals surface area contributed by atoms with Crippen molar-refractivity contribution in [3.8, 4) is 5.75 Å². The zero-order chi connectivity index (χ0) is 12.8. The van der Waals surface area contributed by atoms with Gasteiger partial charge in [0.2, 0.25) is 0 Å². The molecule has 1 unspecified atom stereocenters. The number of nitrogens with two attached hydrogens (primary N) is 1. The van der Waals surface area contributed by atoms with E-state index in [2.05, 4.69) is 10.5 Å². The number of halogens is 1. The molecule has 0 saturated heterocycles. The predicted octanol–water partition coefficient (Wildman–Crippen LogP) is 1.77. The van der Waals surface area contributed by atoms with Crippen molar-refractivity contribution in [1.29, 1.82) is 0 Å². The number of benzene rings is 1. The van der Waals surface area contributed by atoms with Gasteiger partial charge in [-0.2, -0.15) is 0 Å². The molecule has 0 aliphatic rings. The minimum atomic E-state index is -0.437. The Morgan fingerprint density at radius 3 is 2.88 bits per heavy atom. The first-order valence-electron chi connectivity index (χ1n) is 5.13. The summed E-state index contributed by atoms with van der Waals surface area (Å²) in [5.74, 6) is -0.118. The molecule has 5 nitrogen and oxygen atoms in total. The lowest BCUT2D eigenvalue weighted by molar-refractivity contribution is 0.316. The molecule has 0 bridgehead atoms. The van der Waals surface area contributed by atoms with Crippen LogP contribution in [0.15, 0.2) is 23.4 Å². The molecule has 0 aliphatic heterocycles. The van der Waals surface area contributed by atoms with Crippen LogP contribution in [0.3, 0.4) is 0 Å². The van der Waals surface area contributed by atoms with E-state index in [1.54, 1.807) is 6.07 Å². The maximum Gasteiger partial charge on any atom is 0.167 e. The van der Waals surface area contributed by atoms with Crippen molar-refractivity contribution in [3.63, 3.8) is 0 Å². The maximum atomic E-state index is 13.4. The Bertz CT molecular complexity index is 410. The normalized spacial score (nSPS) is 13.2. The Labute approximate surface area is 99.1 Å². The summed E-state index contributed by atoms with van der Waals surface area (Å²) >= 11 is 0. The van der Waals surface area contributed by atoms with Crippen LogP contribution in [-0.2, 0) is 0 Å². The van der Waals surface area contributed by atoms with Crippen molar-refractivity contribution in [2.75, 3.05) is 12.4 Å². The zero-order valence-corrected chi connectivity index (χ0v) is 9.77. The number of nitrogens with zero attached hydrogens (tertiary/aromatic N) is 1. The van der Waals surface area contributed by atoms with Crippen LogP contribution >= 0.6 is 0 Å². The summed E-state index contributed by atoms with van der Waals surface area (Å²) in [6, 6.07) is 4.50. The van der Waals surface area contributed by atoms with Crippen LogP contribution in [0.5, 0.6) is 5.75 Å². The van der Waals surface area contributed by atoms with Gasteiger partial charge in [0.25, 0.3) is 0 Å². The molecule has 17 heavy (non-hydrogen) atoms. The van der Waals surface area contributed by atoms with E-state index in [-0.39, 0.29) is 17.6 Å². The molecular formula is C11H16FN3O2. The Morgan fingerprint density at radius 1 is 1.65 bits per heavy atom. The number of oxime groups is 1. The Morgan fingerprint density at radius 2 is 2.35 bits per heavy atom. The van der Waals surface area contributed by atoms with Gasteiger partial charge in [-0.1, -0.05) is 5.16 Å². The summed E-state index contributed by atoms with van der Waals surface area (Å²) in [5.41, 5.74) is 5.98. The van der Waals surface area contributed by atoms with Crippen LogP contribution in [0.1, 0.15) is 13.3 Å². The van der Waals surface area contributed by atoms with Crippen LogP contribution in [0.4, 0.5) is 10.1 Å². The highest BCUT2D eigenvalue weighted by atomic mass is 19.1. The van der Waals surface area contributed by atoms with Crippen molar-refractivity contribution in [3.05, 3.63) is 24.0 Å². The largest absolute Gasteiger partial charge is 0.494 e. The SMILES string of the molecule is COc1ccc(NC(C)C/C(N)=N/O)cc1F. The molecule has 0 aromatic heterocycles. The summed E-state index contributed by atoms with van der Waals surface area (Å²) < 4.78 is 18.2. The van der Waals surface area contributed by atoms with E-state index in [1.165, 1.54) is 19.2 Å². The van der Waals surface area contributed by atoms with Gasteiger partial charge >= 0.3 is 0 Å². The molecule has 0 saturated carbocycles. The molecule has 0 aliphatic carbocycles. The number of rotatable bonds is 5. The number of methoxy groups -OCH3 is 1. The third kappa shape index (κ3) is 3.82. The highest BCUT2D eigenvalue weighted by Crippen LogP contribution is 2.21. The molecule has 1 aromatic carbocycles. The summed E-state index contributed by atoms with van der Waals surface area (Å²) in [6.45, 7) is 1.85. The number of nitrogens with one attached hydrogen (secondary N) is 1. The molecule has 1 aromatic rings. The van der Waals surface area contributed by atoms with Crippen molar-refractivity contribution < 1.29 is 14.3 Å². The van der Waals surface area contributed by atoms with Crippen LogP contribution < -0.4 is 15.8 Å². The second-order valence-corrected chi connectivity index (χ2v) is 3.69. The molecule has 0 radical (unpaired) electrons. The molecule has 0 fully saturated rings. The van der Waals surface area contributed by atoms with Crippen LogP contribution in [0.25, 0.3) is 0 Å². The zero-order valence-electron chi connectivity index (χ0n) is 9.77. The van der Waals surface area contributed by atoms with Gasteiger partial charge in [-0.25, -0.2) is 4.39 Å². The minimum Gasteiger partial charge on any atom is -0.494 e. The van der Waals surface area contributed by atoms with E-state index in [0.29, 0.717) is 12.1 Å². The average Bonchev–Trinajstić information content (AvgIpc) is 2.29. The van der Waals surface area contributed by atoms with Gasteiger partial charge in [0.05, 0.1) is 7.11 Å². The Balaban J connectivity index is 2.66. The molecule has 0 heterocycles. The maximum absolute atomic E-state index is 13.4. The van der Waals surface area contributed by atoms with Crippen molar-refractivity contribution in [2.45, 2.75) is 19.4 Å². The molecule has 1 rings (SSSR count). The number of ether oxygens (including phenoxy) is 1. The van der Waals surface area contributed by atoms with Gasteiger partial charge in [0.15, 0.2) is 11.6 Å². The predicted molar refractivity (Wildman–Crippen MR) is 64.1 cm³/mol. The molecule has 94 valence electrons. The second kappa shape index (κ2) is 5.93. The van der Waals surface area contributed by atoms with E-state index >= 15 is 0 Å². The highest BCUT2D eigenvalue weighted by Gasteiger charge is 2.07. The standard InChI is InChI=1S/C11H16FN3O2/c1-7(5-11(13)15-16)14-8-3-4-10(17-2)9(12)6-8/h3-4,6-7,14,16H,5H2,1-2H3,(H2,13,15). The van der Waals surface area contributed by atoms with E-state index in [9.17, 15) is 4.39 Å². The average molecular weight is 241 g/mol. The third-order valence-corrected chi connectivity index (χ3v) is 2.21. The smallest absolute Gasteiger partial charge is 0.167 e. The summed E-state index contributed by atoms with van der Waals surface area (Å²) in [5, 5.41) is 14.3. The van der Waals surface area contributed by atoms with Crippen LogP contribution in [0, 0.1) is 5.82 Å². The summed E-state index contributed by atoms with van der Waals surface area (Å²) in [4.78, 5) is 0. The minimum absolute atomic E-state index is 0.0707. The fourth-order valence-corrected chi connectivity index (χ4v) is 1.45. The number of anilines is 1. The summed E-state index contributed by atoms with van der Waals surface area (Å²) in [6.07, 6.45) is 0.365. The monoisotopic (exact) mass is 241 g/mol. The van der Waals surface area contributed by atoms with Gasteiger partial charge in [-0.15, -0.1) is 0 Å². The lowest BCUT2D eigenvalue weighted by Gasteiger charge is -2.14. The number of hydrogen-bond acceptors (Lipinski definition) is 4. The molecule has 1 atom stereocenters. The lowest BCUT2D eigenvalue weighted by Crippen LogP contribution is -2.24. The van der Waals surface area contributed by atoms with Gasteiger partial charge in [0, 0.05) is 24.2 Å². The van der Waals surface area contributed by atoms with Crippen LogP contribution in [0.2, 0.25) is 0 Å². The van der Waals surface area contributed by atoms with Crippen molar-refractivity contribution in [2.24, 2.45) is 10.9 Å². The first-order valence-corrected chi connectivity index (χ1v) is 5.13. The van der Waals surface area contributed by atoms with E-state index in [0.717, 1.165) is 0 Å². The fraction of sp³-hybridized carbons (Fsp3) is 0.364. The molecular weight excluding hydrogens is 225 g/mol. The molecule has 0 spiro atoms.